The van der Waals surface area contributed by atoms with Crippen LogP contribution in [-0.2, 0) is 10.0 Å². The van der Waals surface area contributed by atoms with Gasteiger partial charge in [-0.15, -0.1) is 0 Å². The fourth-order valence-electron chi connectivity index (χ4n) is 2.76. The highest BCUT2D eigenvalue weighted by molar-refractivity contribution is 7.89. The summed E-state index contributed by atoms with van der Waals surface area (Å²) in [5.74, 6) is 0. The van der Waals surface area contributed by atoms with Crippen molar-refractivity contribution in [1.29, 1.82) is 0 Å². The van der Waals surface area contributed by atoms with E-state index in [1.165, 1.54) is 17.0 Å². The third kappa shape index (κ3) is 3.73. The predicted molar refractivity (Wildman–Crippen MR) is 82.5 cm³/mol. The Labute approximate surface area is 129 Å². The van der Waals surface area contributed by atoms with Gasteiger partial charge in [0, 0.05) is 6.07 Å². The van der Waals surface area contributed by atoms with Crippen molar-refractivity contribution in [2.75, 3.05) is 37.6 Å². The molecule has 1 aromatic carbocycles. The SMILES string of the molecule is CCC[NH+]1CCN(c2ccc(S(N)(=O)=O)cc2[N+](=O)[O-])CC1. The average molecular weight is 329 g/mol. The maximum Gasteiger partial charge on any atom is 0.293 e. The van der Waals surface area contributed by atoms with Gasteiger partial charge in [-0.25, -0.2) is 13.6 Å². The number of quaternary nitrogens is 1. The molecule has 1 aromatic rings. The van der Waals surface area contributed by atoms with Gasteiger partial charge in [-0.3, -0.25) is 10.1 Å². The van der Waals surface area contributed by atoms with E-state index in [9.17, 15) is 18.5 Å². The minimum atomic E-state index is -3.95. The maximum atomic E-state index is 11.3. The first-order valence-electron chi connectivity index (χ1n) is 7.22. The molecule has 122 valence electrons. The van der Waals surface area contributed by atoms with E-state index in [4.69, 9.17) is 5.14 Å². The zero-order chi connectivity index (χ0) is 16.3. The molecule has 9 heteroatoms. The molecule has 2 rings (SSSR count). The maximum absolute atomic E-state index is 11.3. The number of hydrogen-bond acceptors (Lipinski definition) is 5. The summed E-state index contributed by atoms with van der Waals surface area (Å²) in [7, 11) is -3.95. The van der Waals surface area contributed by atoms with Crippen LogP contribution in [0.2, 0.25) is 0 Å². The highest BCUT2D eigenvalue weighted by atomic mass is 32.2. The van der Waals surface area contributed by atoms with Crippen molar-refractivity contribution in [3.8, 4) is 0 Å². The molecule has 1 heterocycles. The third-order valence-electron chi connectivity index (χ3n) is 3.89. The van der Waals surface area contributed by atoms with Crippen LogP contribution in [0.3, 0.4) is 0 Å². The lowest BCUT2D eigenvalue weighted by Crippen LogP contribution is -3.14. The molecule has 0 atom stereocenters. The molecule has 0 saturated carbocycles. The summed E-state index contributed by atoms with van der Waals surface area (Å²) < 4.78 is 22.7. The summed E-state index contributed by atoms with van der Waals surface area (Å²) in [6.07, 6.45) is 1.11. The molecule has 1 aliphatic heterocycles. The summed E-state index contributed by atoms with van der Waals surface area (Å²) in [6.45, 7) is 6.50. The normalized spacial score (nSPS) is 16.7. The minimum absolute atomic E-state index is 0.217. The van der Waals surface area contributed by atoms with Crippen LogP contribution in [0.4, 0.5) is 11.4 Å². The van der Waals surface area contributed by atoms with Gasteiger partial charge in [0.2, 0.25) is 10.0 Å². The number of anilines is 1. The lowest BCUT2D eigenvalue weighted by molar-refractivity contribution is -0.900. The zero-order valence-corrected chi connectivity index (χ0v) is 13.3. The molecule has 0 unspecified atom stereocenters. The van der Waals surface area contributed by atoms with Gasteiger partial charge in [0.15, 0.2) is 0 Å². The Morgan fingerprint density at radius 1 is 1.36 bits per heavy atom. The Hall–Kier alpha value is -1.71. The van der Waals surface area contributed by atoms with E-state index >= 15 is 0 Å². The number of sulfonamides is 1. The number of nitrogens with zero attached hydrogens (tertiary/aromatic N) is 2. The quantitative estimate of drug-likeness (QED) is 0.551. The van der Waals surface area contributed by atoms with Crippen molar-refractivity contribution >= 4 is 21.4 Å². The fourth-order valence-corrected chi connectivity index (χ4v) is 3.29. The summed E-state index contributed by atoms with van der Waals surface area (Å²) in [6, 6.07) is 3.83. The topological polar surface area (TPSA) is 111 Å². The van der Waals surface area contributed by atoms with Crippen LogP contribution in [-0.4, -0.2) is 46.1 Å². The summed E-state index contributed by atoms with van der Waals surface area (Å²) in [5, 5.41) is 16.3. The summed E-state index contributed by atoms with van der Waals surface area (Å²) >= 11 is 0. The van der Waals surface area contributed by atoms with E-state index in [0.29, 0.717) is 18.8 Å². The van der Waals surface area contributed by atoms with Crippen molar-refractivity contribution in [1.82, 2.24) is 0 Å². The molecular weight excluding hydrogens is 308 g/mol. The van der Waals surface area contributed by atoms with Gasteiger partial charge in [0.05, 0.1) is 42.5 Å². The molecule has 0 amide bonds. The van der Waals surface area contributed by atoms with Crippen LogP contribution in [0.1, 0.15) is 13.3 Å². The summed E-state index contributed by atoms with van der Waals surface area (Å²) in [5.41, 5.74) is 0.235. The van der Waals surface area contributed by atoms with Crippen molar-refractivity contribution < 1.29 is 18.2 Å². The number of hydrogen-bond donors (Lipinski definition) is 2. The lowest BCUT2D eigenvalue weighted by atomic mass is 10.2. The molecule has 22 heavy (non-hydrogen) atoms. The molecule has 3 N–H and O–H groups in total. The third-order valence-corrected chi connectivity index (χ3v) is 4.80. The van der Waals surface area contributed by atoms with Gasteiger partial charge in [0.1, 0.15) is 5.69 Å². The first kappa shape index (κ1) is 16.7. The molecule has 1 aliphatic rings. The fraction of sp³-hybridized carbons (Fsp3) is 0.538. The van der Waals surface area contributed by atoms with Gasteiger partial charge in [-0.05, 0) is 18.6 Å². The largest absolute Gasteiger partial charge is 0.355 e. The first-order valence-corrected chi connectivity index (χ1v) is 8.77. The second-order valence-electron chi connectivity index (χ2n) is 5.44. The Morgan fingerprint density at radius 2 is 2.00 bits per heavy atom. The monoisotopic (exact) mass is 329 g/mol. The van der Waals surface area contributed by atoms with E-state index in [-0.39, 0.29) is 10.6 Å². The number of benzene rings is 1. The van der Waals surface area contributed by atoms with Crippen LogP contribution in [0.5, 0.6) is 0 Å². The summed E-state index contributed by atoms with van der Waals surface area (Å²) in [4.78, 5) is 13.9. The minimum Gasteiger partial charge on any atom is -0.355 e. The van der Waals surface area contributed by atoms with Crippen LogP contribution in [0.25, 0.3) is 0 Å². The van der Waals surface area contributed by atoms with Gasteiger partial charge >= 0.3 is 0 Å². The predicted octanol–water partition coefficient (Wildman–Crippen LogP) is -0.643. The van der Waals surface area contributed by atoms with Gasteiger partial charge in [-0.1, -0.05) is 6.92 Å². The molecule has 0 aliphatic carbocycles. The second kappa shape index (κ2) is 6.59. The van der Waals surface area contributed by atoms with Gasteiger partial charge in [0.25, 0.3) is 5.69 Å². The molecule has 1 fully saturated rings. The molecule has 8 nitrogen and oxygen atoms in total. The Bertz CT molecular complexity index is 654. The zero-order valence-electron chi connectivity index (χ0n) is 12.5. The number of primary sulfonamides is 1. The number of piperazine rings is 1. The van der Waals surface area contributed by atoms with Gasteiger partial charge in [-0.2, -0.15) is 0 Å². The molecule has 0 radical (unpaired) electrons. The van der Waals surface area contributed by atoms with Crippen LogP contribution in [0, 0.1) is 10.1 Å². The van der Waals surface area contributed by atoms with Crippen LogP contribution >= 0.6 is 0 Å². The average Bonchev–Trinajstić information content (AvgIpc) is 2.47. The highest BCUT2D eigenvalue weighted by Gasteiger charge is 2.26. The van der Waals surface area contributed by atoms with Crippen molar-refractivity contribution in [2.24, 2.45) is 5.14 Å². The Morgan fingerprint density at radius 3 is 2.50 bits per heavy atom. The highest BCUT2D eigenvalue weighted by Crippen LogP contribution is 2.30. The smallest absolute Gasteiger partial charge is 0.293 e. The van der Waals surface area contributed by atoms with Crippen LogP contribution in [0.15, 0.2) is 23.1 Å². The molecule has 0 spiro atoms. The molecular formula is C13H21N4O4S+. The lowest BCUT2D eigenvalue weighted by Gasteiger charge is -2.33. The van der Waals surface area contributed by atoms with Crippen LogP contribution < -0.4 is 14.9 Å². The van der Waals surface area contributed by atoms with Gasteiger partial charge < -0.3 is 9.80 Å². The number of nitrogens with two attached hydrogens (primary N) is 1. The Kier molecular flexibility index (Phi) is 4.99. The van der Waals surface area contributed by atoms with Crippen molar-refractivity contribution in [3.05, 3.63) is 28.3 Å². The van der Waals surface area contributed by atoms with E-state index in [1.807, 2.05) is 4.90 Å². The van der Waals surface area contributed by atoms with E-state index in [0.717, 1.165) is 32.1 Å². The second-order valence-corrected chi connectivity index (χ2v) is 7.00. The first-order chi connectivity index (χ1) is 10.3. The van der Waals surface area contributed by atoms with E-state index in [2.05, 4.69) is 6.92 Å². The van der Waals surface area contributed by atoms with Crippen molar-refractivity contribution in [3.63, 3.8) is 0 Å². The standard InChI is InChI=1S/C13H20N4O4S/c1-2-5-15-6-8-16(9-7-15)12-4-3-11(22(14,20)21)10-13(12)17(18)19/h3-4,10H,2,5-9H2,1H3,(H2,14,20,21)/p+1. The number of nitro benzene ring substituents is 1. The molecule has 0 bridgehead atoms. The molecule has 1 saturated heterocycles. The number of nitro groups is 1. The number of rotatable bonds is 5. The number of nitrogens with one attached hydrogen (secondary N) is 1. The van der Waals surface area contributed by atoms with E-state index < -0.39 is 14.9 Å². The van der Waals surface area contributed by atoms with E-state index in [1.54, 1.807) is 0 Å². The van der Waals surface area contributed by atoms with Crippen molar-refractivity contribution in [2.45, 2.75) is 18.2 Å². The molecule has 0 aromatic heterocycles. The Balaban J connectivity index is 2.26.